The van der Waals surface area contributed by atoms with Gasteiger partial charge in [-0.05, 0) is 12.1 Å². The van der Waals surface area contributed by atoms with E-state index in [2.05, 4.69) is 0 Å². The van der Waals surface area contributed by atoms with Crippen molar-refractivity contribution in [1.29, 1.82) is 0 Å². The van der Waals surface area contributed by atoms with E-state index >= 15 is 0 Å². The lowest BCUT2D eigenvalue weighted by atomic mass is 10.0. The van der Waals surface area contributed by atoms with Gasteiger partial charge in [-0.15, -0.1) is 0 Å². The fourth-order valence-electron chi connectivity index (χ4n) is 2.64. The Balaban J connectivity index is 2.23. The summed E-state index contributed by atoms with van der Waals surface area (Å²) in [5, 5.41) is 22.5. The summed E-state index contributed by atoms with van der Waals surface area (Å²) >= 11 is 0. The molecule has 0 unspecified atom stereocenters. The number of carbonyl (C=O) groups excluding carboxylic acids is 1. The zero-order chi connectivity index (χ0) is 17.4. The molecule has 0 atom stereocenters. The van der Waals surface area contributed by atoms with Gasteiger partial charge in [0, 0.05) is 47.9 Å². The molecule has 3 aromatic rings. The second kappa shape index (κ2) is 5.58. The van der Waals surface area contributed by atoms with E-state index < -0.39 is 15.6 Å². The second-order valence-corrected chi connectivity index (χ2v) is 5.22. The molecule has 0 aliphatic carbocycles. The first-order valence-corrected chi connectivity index (χ1v) is 6.91. The lowest BCUT2D eigenvalue weighted by Gasteiger charge is -2.01. The predicted octanol–water partition coefficient (Wildman–Crippen LogP) is 3.23. The SMILES string of the molecule is Cn1cc(C(=O)c2ccccc2[N+](=O)[O-])c2cc([N+](=O)[O-])ccc21. The summed E-state index contributed by atoms with van der Waals surface area (Å²) in [7, 11) is 1.70. The van der Waals surface area contributed by atoms with Crippen molar-refractivity contribution in [3.05, 3.63) is 80.0 Å². The predicted molar refractivity (Wildman–Crippen MR) is 86.1 cm³/mol. The van der Waals surface area contributed by atoms with Gasteiger partial charge in [0.25, 0.3) is 11.4 Å². The van der Waals surface area contributed by atoms with Gasteiger partial charge in [0.15, 0.2) is 0 Å². The van der Waals surface area contributed by atoms with Crippen LogP contribution in [0.1, 0.15) is 15.9 Å². The van der Waals surface area contributed by atoms with Crippen LogP contribution in [0.4, 0.5) is 11.4 Å². The van der Waals surface area contributed by atoms with Gasteiger partial charge in [-0.2, -0.15) is 0 Å². The van der Waals surface area contributed by atoms with Crippen molar-refractivity contribution in [2.75, 3.05) is 0 Å². The van der Waals surface area contributed by atoms with Crippen LogP contribution >= 0.6 is 0 Å². The van der Waals surface area contributed by atoms with Crippen LogP contribution in [0.15, 0.2) is 48.7 Å². The highest BCUT2D eigenvalue weighted by Crippen LogP contribution is 2.29. The molecule has 1 aromatic heterocycles. The van der Waals surface area contributed by atoms with E-state index in [9.17, 15) is 25.0 Å². The smallest absolute Gasteiger partial charge is 0.280 e. The largest absolute Gasteiger partial charge is 0.350 e. The van der Waals surface area contributed by atoms with Crippen LogP contribution in [0.3, 0.4) is 0 Å². The Labute approximate surface area is 135 Å². The molecule has 1 heterocycles. The van der Waals surface area contributed by atoms with E-state index in [1.165, 1.54) is 42.6 Å². The molecule has 0 aliphatic heterocycles. The molecule has 0 fully saturated rings. The van der Waals surface area contributed by atoms with Crippen LogP contribution in [-0.4, -0.2) is 20.2 Å². The van der Waals surface area contributed by atoms with Crippen LogP contribution in [0.2, 0.25) is 0 Å². The average Bonchev–Trinajstić information content (AvgIpc) is 2.90. The van der Waals surface area contributed by atoms with E-state index in [1.807, 2.05) is 0 Å². The van der Waals surface area contributed by atoms with Crippen molar-refractivity contribution in [3.8, 4) is 0 Å². The number of ketones is 1. The fraction of sp³-hybridized carbons (Fsp3) is 0.0625. The molecule has 0 saturated carbocycles. The van der Waals surface area contributed by atoms with Crippen molar-refractivity contribution >= 4 is 28.1 Å². The fourth-order valence-corrected chi connectivity index (χ4v) is 2.64. The zero-order valence-electron chi connectivity index (χ0n) is 12.5. The van der Waals surface area contributed by atoms with Gasteiger partial charge in [0.1, 0.15) is 5.56 Å². The number of nitrogens with zero attached hydrogens (tertiary/aromatic N) is 3. The Hall–Kier alpha value is -3.55. The Morgan fingerprint density at radius 2 is 1.71 bits per heavy atom. The summed E-state index contributed by atoms with van der Waals surface area (Å²) in [5.41, 5.74) is 0.310. The molecule has 0 saturated heterocycles. The van der Waals surface area contributed by atoms with Gasteiger partial charge in [-0.3, -0.25) is 25.0 Å². The number of hydrogen-bond acceptors (Lipinski definition) is 5. The number of aryl methyl sites for hydroxylation is 1. The molecule has 0 N–H and O–H groups in total. The molecule has 3 rings (SSSR count). The van der Waals surface area contributed by atoms with Crippen LogP contribution in [-0.2, 0) is 7.05 Å². The third-order valence-electron chi connectivity index (χ3n) is 3.77. The highest BCUT2D eigenvalue weighted by Gasteiger charge is 2.24. The summed E-state index contributed by atoms with van der Waals surface area (Å²) in [4.78, 5) is 33.7. The number of carbonyl (C=O) groups is 1. The van der Waals surface area contributed by atoms with E-state index in [1.54, 1.807) is 17.7 Å². The molecule has 8 heteroatoms. The molecular weight excluding hydrogens is 314 g/mol. The number of hydrogen-bond donors (Lipinski definition) is 0. The van der Waals surface area contributed by atoms with Crippen LogP contribution in [0, 0.1) is 20.2 Å². The first-order chi connectivity index (χ1) is 11.4. The van der Waals surface area contributed by atoms with Crippen molar-refractivity contribution in [1.82, 2.24) is 4.57 Å². The van der Waals surface area contributed by atoms with Crippen molar-refractivity contribution in [3.63, 3.8) is 0 Å². The minimum absolute atomic E-state index is 0.0542. The molecule has 0 radical (unpaired) electrons. The normalized spacial score (nSPS) is 10.7. The lowest BCUT2D eigenvalue weighted by Crippen LogP contribution is -2.05. The van der Waals surface area contributed by atoms with E-state index in [0.29, 0.717) is 10.9 Å². The van der Waals surface area contributed by atoms with E-state index in [0.717, 1.165) is 0 Å². The first-order valence-electron chi connectivity index (χ1n) is 6.91. The molecule has 120 valence electrons. The van der Waals surface area contributed by atoms with Gasteiger partial charge in [-0.1, -0.05) is 12.1 Å². The number of non-ortho nitro benzene ring substituents is 1. The molecule has 24 heavy (non-hydrogen) atoms. The van der Waals surface area contributed by atoms with Crippen molar-refractivity contribution in [2.45, 2.75) is 0 Å². The quantitative estimate of drug-likeness (QED) is 0.415. The number of nitro groups is 2. The molecule has 0 amide bonds. The molecule has 0 aliphatic rings. The molecule has 0 bridgehead atoms. The highest BCUT2D eigenvalue weighted by molar-refractivity contribution is 6.18. The topological polar surface area (TPSA) is 108 Å². The van der Waals surface area contributed by atoms with Crippen LogP contribution in [0.5, 0.6) is 0 Å². The summed E-state index contributed by atoms with van der Waals surface area (Å²) in [6.45, 7) is 0. The number of aromatic nitrogens is 1. The van der Waals surface area contributed by atoms with Gasteiger partial charge in [0.05, 0.1) is 9.85 Å². The Kier molecular flexibility index (Phi) is 3.57. The zero-order valence-corrected chi connectivity index (χ0v) is 12.5. The summed E-state index contributed by atoms with van der Waals surface area (Å²) < 4.78 is 1.65. The maximum atomic E-state index is 12.8. The molecule has 8 nitrogen and oxygen atoms in total. The lowest BCUT2D eigenvalue weighted by molar-refractivity contribution is -0.385. The minimum atomic E-state index is -0.624. The van der Waals surface area contributed by atoms with Gasteiger partial charge in [-0.25, -0.2) is 0 Å². The summed E-state index contributed by atoms with van der Waals surface area (Å²) in [6.07, 6.45) is 1.52. The number of benzene rings is 2. The molecular formula is C16H11N3O5. The van der Waals surface area contributed by atoms with Crippen LogP contribution in [0.25, 0.3) is 10.9 Å². The van der Waals surface area contributed by atoms with Crippen molar-refractivity contribution in [2.24, 2.45) is 7.05 Å². The van der Waals surface area contributed by atoms with E-state index in [-0.39, 0.29) is 22.5 Å². The Bertz CT molecular complexity index is 1010. The third-order valence-corrected chi connectivity index (χ3v) is 3.77. The van der Waals surface area contributed by atoms with Crippen molar-refractivity contribution < 1.29 is 14.6 Å². The van der Waals surface area contributed by atoms with Gasteiger partial charge in [0.2, 0.25) is 5.78 Å². The maximum Gasteiger partial charge on any atom is 0.280 e. The third kappa shape index (κ3) is 2.39. The molecule has 0 spiro atoms. The van der Waals surface area contributed by atoms with Crippen LogP contribution < -0.4 is 0 Å². The second-order valence-electron chi connectivity index (χ2n) is 5.22. The average molecular weight is 325 g/mol. The minimum Gasteiger partial charge on any atom is -0.350 e. The first kappa shape index (κ1) is 15.3. The standard InChI is InChI=1S/C16H11N3O5/c1-17-9-13(12-8-10(18(21)22)6-7-14(12)17)16(20)11-4-2-3-5-15(11)19(23)24/h2-9H,1H3. The Morgan fingerprint density at radius 3 is 2.38 bits per heavy atom. The summed E-state index contributed by atoms with van der Waals surface area (Å²) in [5.74, 6) is -0.548. The highest BCUT2D eigenvalue weighted by atomic mass is 16.6. The van der Waals surface area contributed by atoms with E-state index in [4.69, 9.17) is 0 Å². The Morgan fingerprint density at radius 1 is 1.00 bits per heavy atom. The monoisotopic (exact) mass is 325 g/mol. The number of nitro benzene ring substituents is 2. The van der Waals surface area contributed by atoms with Gasteiger partial charge >= 0.3 is 0 Å². The molecule has 2 aromatic carbocycles. The number of rotatable bonds is 4. The van der Waals surface area contributed by atoms with Gasteiger partial charge < -0.3 is 4.57 Å². The maximum absolute atomic E-state index is 12.8. The number of para-hydroxylation sites is 1. The summed E-state index contributed by atoms with van der Waals surface area (Å²) in [6, 6.07) is 9.83. The number of fused-ring (bicyclic) bond motifs is 1.